The molecule has 3 aromatic carbocycles. The van der Waals surface area contributed by atoms with E-state index in [4.69, 9.17) is 23.2 Å². The summed E-state index contributed by atoms with van der Waals surface area (Å²) in [5.74, 6) is -0.867. The van der Waals surface area contributed by atoms with Gasteiger partial charge in [-0.15, -0.1) is 0 Å². The van der Waals surface area contributed by atoms with E-state index in [0.29, 0.717) is 6.42 Å². The minimum atomic E-state index is -4.25. The zero-order valence-corrected chi connectivity index (χ0v) is 25.6. The number of rotatable bonds is 11. The van der Waals surface area contributed by atoms with Crippen LogP contribution in [0.5, 0.6) is 0 Å². The number of sulfonamides is 1. The number of carbonyl (C=O) groups is 2. The van der Waals surface area contributed by atoms with E-state index in [1.54, 1.807) is 18.2 Å². The molecule has 3 aromatic rings. The third-order valence-corrected chi connectivity index (χ3v) is 8.81. The molecule has 3 rings (SSSR count). The zero-order valence-electron chi connectivity index (χ0n) is 23.3. The first-order valence-electron chi connectivity index (χ1n) is 13.0. The Labute approximate surface area is 247 Å². The van der Waals surface area contributed by atoms with Crippen molar-refractivity contribution in [3.8, 4) is 0 Å². The van der Waals surface area contributed by atoms with Crippen LogP contribution in [-0.4, -0.2) is 43.8 Å². The summed E-state index contributed by atoms with van der Waals surface area (Å²) in [5.41, 5.74) is 2.74. The van der Waals surface area contributed by atoms with Crippen molar-refractivity contribution < 1.29 is 18.0 Å². The van der Waals surface area contributed by atoms with Gasteiger partial charge in [0.25, 0.3) is 10.0 Å². The number of hydrogen-bond acceptors (Lipinski definition) is 4. The SMILES string of the molecule is CC[C@H](C(=O)NC(C)C)N(Cc1ccccc1C)C(=O)CN(c1cc(Cl)ccc1Cl)S(=O)(=O)c1ccc(C)cc1. The van der Waals surface area contributed by atoms with E-state index in [9.17, 15) is 18.0 Å². The van der Waals surface area contributed by atoms with Crippen molar-refractivity contribution in [2.75, 3.05) is 10.8 Å². The van der Waals surface area contributed by atoms with Crippen LogP contribution in [-0.2, 0) is 26.2 Å². The maximum absolute atomic E-state index is 14.1. The van der Waals surface area contributed by atoms with Gasteiger partial charge in [-0.2, -0.15) is 0 Å². The van der Waals surface area contributed by atoms with Gasteiger partial charge in [-0.25, -0.2) is 8.42 Å². The molecule has 0 aliphatic heterocycles. The van der Waals surface area contributed by atoms with Crippen LogP contribution in [0.25, 0.3) is 0 Å². The molecule has 10 heteroatoms. The number of benzene rings is 3. The van der Waals surface area contributed by atoms with Crippen molar-refractivity contribution in [3.63, 3.8) is 0 Å². The topological polar surface area (TPSA) is 86.8 Å². The number of amides is 2. The Bertz CT molecular complexity index is 1460. The summed E-state index contributed by atoms with van der Waals surface area (Å²) < 4.78 is 28.9. The molecule has 0 heterocycles. The molecule has 0 radical (unpaired) electrons. The third-order valence-electron chi connectivity index (χ3n) is 6.48. The number of nitrogens with one attached hydrogen (secondary N) is 1. The van der Waals surface area contributed by atoms with Crippen molar-refractivity contribution in [2.24, 2.45) is 0 Å². The highest BCUT2D eigenvalue weighted by Crippen LogP contribution is 2.33. The number of carbonyl (C=O) groups excluding carboxylic acids is 2. The van der Waals surface area contributed by atoms with Gasteiger partial charge in [0.2, 0.25) is 11.8 Å². The van der Waals surface area contributed by atoms with Gasteiger partial charge in [0.15, 0.2) is 0 Å². The lowest BCUT2D eigenvalue weighted by Gasteiger charge is -2.34. The van der Waals surface area contributed by atoms with E-state index in [-0.39, 0.29) is 39.1 Å². The highest BCUT2D eigenvalue weighted by molar-refractivity contribution is 7.92. The Balaban J connectivity index is 2.12. The fraction of sp³-hybridized carbons (Fsp3) is 0.333. The summed E-state index contributed by atoms with van der Waals surface area (Å²) in [7, 11) is -4.25. The normalized spacial score (nSPS) is 12.2. The third kappa shape index (κ3) is 7.56. The second-order valence-electron chi connectivity index (χ2n) is 9.96. The molecule has 0 aromatic heterocycles. The molecule has 0 aliphatic rings. The molecule has 0 saturated heterocycles. The first-order chi connectivity index (χ1) is 18.8. The molecule has 7 nitrogen and oxygen atoms in total. The molecular formula is C30H35Cl2N3O4S. The van der Waals surface area contributed by atoms with E-state index in [1.165, 1.54) is 29.2 Å². The average molecular weight is 605 g/mol. The Hall–Kier alpha value is -3.07. The van der Waals surface area contributed by atoms with Crippen LogP contribution in [0, 0.1) is 13.8 Å². The van der Waals surface area contributed by atoms with Crippen molar-refractivity contribution in [1.82, 2.24) is 10.2 Å². The largest absolute Gasteiger partial charge is 0.352 e. The van der Waals surface area contributed by atoms with Gasteiger partial charge in [-0.05, 0) is 75.6 Å². The number of halogens is 2. The van der Waals surface area contributed by atoms with Crippen molar-refractivity contribution in [2.45, 2.75) is 64.6 Å². The summed E-state index contributed by atoms with van der Waals surface area (Å²) in [5, 5.41) is 3.26. The van der Waals surface area contributed by atoms with Gasteiger partial charge in [0.05, 0.1) is 15.6 Å². The van der Waals surface area contributed by atoms with Gasteiger partial charge in [-0.3, -0.25) is 13.9 Å². The summed E-state index contributed by atoms with van der Waals surface area (Å²) >= 11 is 12.7. The summed E-state index contributed by atoms with van der Waals surface area (Å²) in [4.78, 5) is 28.8. The van der Waals surface area contributed by atoms with Crippen LogP contribution in [0.15, 0.2) is 71.6 Å². The molecule has 214 valence electrons. The Kier molecular flexibility index (Phi) is 10.6. The van der Waals surface area contributed by atoms with Crippen LogP contribution in [0.2, 0.25) is 10.0 Å². The van der Waals surface area contributed by atoms with Gasteiger partial charge < -0.3 is 10.2 Å². The average Bonchev–Trinajstić information content (AvgIpc) is 2.89. The number of anilines is 1. The number of hydrogen-bond donors (Lipinski definition) is 1. The highest BCUT2D eigenvalue weighted by Gasteiger charge is 2.34. The maximum atomic E-state index is 14.1. The lowest BCUT2D eigenvalue weighted by atomic mass is 10.1. The highest BCUT2D eigenvalue weighted by atomic mass is 35.5. The molecule has 1 atom stereocenters. The van der Waals surface area contributed by atoms with Crippen LogP contribution in [0.4, 0.5) is 5.69 Å². The quantitative estimate of drug-likeness (QED) is 0.285. The predicted octanol–water partition coefficient (Wildman–Crippen LogP) is 6.14. The fourth-order valence-electron chi connectivity index (χ4n) is 4.30. The molecule has 0 aliphatic carbocycles. The summed E-state index contributed by atoms with van der Waals surface area (Å²) in [6.45, 7) is 8.81. The molecule has 0 saturated carbocycles. The van der Waals surface area contributed by atoms with E-state index in [0.717, 1.165) is 21.0 Å². The lowest BCUT2D eigenvalue weighted by molar-refractivity contribution is -0.140. The predicted molar refractivity (Wildman–Crippen MR) is 161 cm³/mol. The van der Waals surface area contributed by atoms with Gasteiger partial charge in [0.1, 0.15) is 12.6 Å². The first-order valence-corrected chi connectivity index (χ1v) is 15.2. The minimum Gasteiger partial charge on any atom is -0.352 e. The smallest absolute Gasteiger partial charge is 0.264 e. The molecule has 2 amide bonds. The maximum Gasteiger partial charge on any atom is 0.264 e. The van der Waals surface area contributed by atoms with Crippen LogP contribution < -0.4 is 9.62 Å². The van der Waals surface area contributed by atoms with Gasteiger partial charge in [-0.1, -0.05) is 72.1 Å². The molecule has 40 heavy (non-hydrogen) atoms. The molecule has 0 spiro atoms. The number of nitrogens with zero attached hydrogens (tertiary/aromatic N) is 2. The molecule has 0 bridgehead atoms. The van der Waals surface area contributed by atoms with E-state index >= 15 is 0 Å². The van der Waals surface area contributed by atoms with Crippen LogP contribution >= 0.6 is 23.2 Å². The van der Waals surface area contributed by atoms with Crippen molar-refractivity contribution in [3.05, 3.63) is 93.5 Å². The summed E-state index contributed by atoms with van der Waals surface area (Å²) in [6, 6.07) is 17.4. The molecule has 1 N–H and O–H groups in total. The first kappa shape index (κ1) is 31.5. The summed E-state index contributed by atoms with van der Waals surface area (Å²) in [6.07, 6.45) is 0.332. The standard InChI is InChI=1S/C30H35Cl2N3O4S/c1-6-27(30(37)33-20(2)3)34(18-23-10-8-7-9-22(23)5)29(36)19-35(28-17-24(31)13-16-26(28)32)40(38,39)25-14-11-21(4)12-15-25/h7-17,20,27H,6,18-19H2,1-5H3,(H,33,37)/t27-/m1/s1. The van der Waals surface area contributed by atoms with Gasteiger partial charge in [0, 0.05) is 17.6 Å². The molecular weight excluding hydrogens is 569 g/mol. The minimum absolute atomic E-state index is 0.00279. The fourth-order valence-corrected chi connectivity index (χ4v) is 6.16. The Morgan fingerprint density at radius 1 is 0.950 bits per heavy atom. The van der Waals surface area contributed by atoms with Gasteiger partial charge >= 0.3 is 0 Å². The Morgan fingerprint density at radius 3 is 2.20 bits per heavy atom. The number of aryl methyl sites for hydroxylation is 2. The second-order valence-corrected chi connectivity index (χ2v) is 12.7. The van der Waals surface area contributed by atoms with Crippen LogP contribution in [0.1, 0.15) is 43.9 Å². The Morgan fingerprint density at radius 2 is 1.60 bits per heavy atom. The van der Waals surface area contributed by atoms with Crippen molar-refractivity contribution >= 4 is 50.7 Å². The van der Waals surface area contributed by atoms with Crippen molar-refractivity contribution in [1.29, 1.82) is 0 Å². The lowest BCUT2D eigenvalue weighted by Crippen LogP contribution is -2.53. The van der Waals surface area contributed by atoms with E-state index in [1.807, 2.05) is 58.9 Å². The van der Waals surface area contributed by atoms with E-state index in [2.05, 4.69) is 5.32 Å². The second kappa shape index (κ2) is 13.5. The monoisotopic (exact) mass is 603 g/mol. The zero-order chi connectivity index (χ0) is 29.6. The molecule has 0 unspecified atom stereocenters. The van der Waals surface area contributed by atoms with E-state index < -0.39 is 28.5 Å². The van der Waals surface area contributed by atoms with Crippen LogP contribution in [0.3, 0.4) is 0 Å². The molecule has 0 fully saturated rings.